The van der Waals surface area contributed by atoms with Gasteiger partial charge in [0, 0.05) is 17.3 Å². The molecule has 172 valence electrons. The van der Waals surface area contributed by atoms with Crippen molar-refractivity contribution < 1.29 is 19.4 Å². The zero-order valence-corrected chi connectivity index (χ0v) is 19.9. The molecule has 1 aliphatic heterocycles. The highest BCUT2D eigenvalue weighted by atomic mass is 32.2. The molecule has 0 aliphatic carbocycles. The van der Waals surface area contributed by atoms with Crippen molar-refractivity contribution in [3.05, 3.63) is 83.4 Å². The fraction of sp³-hybridized carbons (Fsp3) is 0.120. The zero-order chi connectivity index (χ0) is 24.2. The third kappa shape index (κ3) is 4.95. The van der Waals surface area contributed by atoms with Gasteiger partial charge in [0.05, 0.1) is 10.6 Å². The molecule has 2 heterocycles. The number of ether oxygens (including phenoxy) is 1. The van der Waals surface area contributed by atoms with Gasteiger partial charge in [-0.15, -0.1) is 0 Å². The van der Waals surface area contributed by atoms with Crippen molar-refractivity contribution in [3.8, 4) is 22.7 Å². The van der Waals surface area contributed by atoms with E-state index in [4.69, 9.17) is 27.2 Å². The summed E-state index contributed by atoms with van der Waals surface area (Å²) in [6, 6.07) is 15.4. The lowest BCUT2D eigenvalue weighted by Crippen LogP contribution is -2.33. The van der Waals surface area contributed by atoms with Crippen molar-refractivity contribution in [1.29, 1.82) is 0 Å². The highest BCUT2D eigenvalue weighted by Gasteiger charge is 2.33. The van der Waals surface area contributed by atoms with Gasteiger partial charge < -0.3 is 9.84 Å². The molecule has 1 fully saturated rings. The van der Waals surface area contributed by atoms with Gasteiger partial charge >= 0.3 is 5.97 Å². The van der Waals surface area contributed by atoms with Gasteiger partial charge in [0.25, 0.3) is 5.91 Å². The number of carboxylic acids is 1. The molecular weight excluding hydrogens is 470 g/mol. The van der Waals surface area contributed by atoms with Crippen LogP contribution in [0.15, 0.2) is 72.3 Å². The third-order valence-corrected chi connectivity index (χ3v) is 6.42. The Morgan fingerprint density at radius 1 is 1.26 bits per heavy atom. The molecule has 1 aromatic heterocycles. The van der Waals surface area contributed by atoms with Gasteiger partial charge in [0.2, 0.25) is 0 Å². The Labute approximate surface area is 206 Å². The van der Waals surface area contributed by atoms with E-state index in [1.54, 1.807) is 16.8 Å². The molecule has 7 nitrogen and oxygen atoms in total. The van der Waals surface area contributed by atoms with Crippen LogP contribution in [-0.2, 0) is 9.59 Å². The van der Waals surface area contributed by atoms with E-state index in [-0.39, 0.29) is 4.32 Å². The molecule has 9 heteroatoms. The van der Waals surface area contributed by atoms with Crippen molar-refractivity contribution in [2.45, 2.75) is 6.92 Å². The number of carboxylic acid groups (broad SMARTS) is 1. The van der Waals surface area contributed by atoms with E-state index < -0.39 is 18.4 Å². The SMILES string of the molecule is C=CCOc1ccc(-c2nn(-c3ccccc3)cc2/C=C2/SC(=S)N(CC(=O)O)C2=O)c(C)c1. The molecule has 2 aromatic carbocycles. The van der Waals surface area contributed by atoms with Crippen LogP contribution >= 0.6 is 24.0 Å². The summed E-state index contributed by atoms with van der Waals surface area (Å²) in [5.41, 5.74) is 4.09. The molecule has 0 unspecified atom stereocenters. The number of aryl methyl sites for hydroxylation is 1. The molecule has 0 atom stereocenters. The van der Waals surface area contributed by atoms with Crippen LogP contribution in [0.25, 0.3) is 23.0 Å². The molecule has 0 radical (unpaired) electrons. The molecule has 1 amide bonds. The van der Waals surface area contributed by atoms with Crippen LogP contribution in [0.1, 0.15) is 11.1 Å². The average molecular weight is 492 g/mol. The number of hydrogen-bond acceptors (Lipinski definition) is 6. The van der Waals surface area contributed by atoms with Crippen molar-refractivity contribution >= 4 is 46.3 Å². The minimum absolute atomic E-state index is 0.218. The van der Waals surface area contributed by atoms with Crippen LogP contribution < -0.4 is 4.74 Å². The first-order chi connectivity index (χ1) is 16.4. The number of carbonyl (C=O) groups excluding carboxylic acids is 1. The summed E-state index contributed by atoms with van der Waals surface area (Å²) in [5, 5.41) is 13.9. The second-order valence-electron chi connectivity index (χ2n) is 7.45. The highest BCUT2D eigenvalue weighted by Crippen LogP contribution is 2.36. The van der Waals surface area contributed by atoms with Crippen LogP contribution in [0.4, 0.5) is 0 Å². The topological polar surface area (TPSA) is 84.7 Å². The minimum atomic E-state index is -1.12. The fourth-order valence-corrected chi connectivity index (χ4v) is 4.72. The van der Waals surface area contributed by atoms with Crippen LogP contribution in [0.5, 0.6) is 5.75 Å². The number of hydrogen-bond donors (Lipinski definition) is 1. The van der Waals surface area contributed by atoms with Gasteiger partial charge in [0.1, 0.15) is 28.9 Å². The molecule has 1 saturated heterocycles. The normalized spacial score (nSPS) is 14.6. The van der Waals surface area contributed by atoms with Crippen molar-refractivity contribution in [3.63, 3.8) is 0 Å². The number of thiocarbonyl (C=S) groups is 1. The largest absolute Gasteiger partial charge is 0.490 e. The maximum atomic E-state index is 12.8. The van der Waals surface area contributed by atoms with E-state index in [0.29, 0.717) is 22.8 Å². The lowest BCUT2D eigenvalue weighted by Gasteiger charge is -2.10. The summed E-state index contributed by atoms with van der Waals surface area (Å²) < 4.78 is 7.61. The molecule has 4 rings (SSSR count). The Kier molecular flexibility index (Phi) is 6.95. The van der Waals surface area contributed by atoms with Gasteiger partial charge in [0.15, 0.2) is 0 Å². The number of aromatic nitrogens is 2. The summed E-state index contributed by atoms with van der Waals surface area (Å²) in [6.07, 6.45) is 5.24. The van der Waals surface area contributed by atoms with Crippen LogP contribution in [-0.4, -0.2) is 49.1 Å². The molecule has 1 aliphatic rings. The molecule has 3 aromatic rings. The lowest BCUT2D eigenvalue weighted by molar-refractivity contribution is -0.140. The number of rotatable bonds is 8. The number of amides is 1. The highest BCUT2D eigenvalue weighted by molar-refractivity contribution is 8.26. The average Bonchev–Trinajstić information content (AvgIpc) is 3.34. The first kappa shape index (κ1) is 23.5. The molecule has 0 saturated carbocycles. The number of nitrogens with zero attached hydrogens (tertiary/aromatic N) is 3. The van der Waals surface area contributed by atoms with Gasteiger partial charge in [-0.3, -0.25) is 14.5 Å². The summed E-state index contributed by atoms with van der Waals surface area (Å²) >= 11 is 6.31. The number of thioether (sulfide) groups is 1. The molecule has 1 N–H and O–H groups in total. The lowest BCUT2D eigenvalue weighted by atomic mass is 10.0. The first-order valence-electron chi connectivity index (χ1n) is 10.3. The second kappa shape index (κ2) is 10.1. The number of aliphatic carboxylic acids is 1. The van der Waals surface area contributed by atoms with E-state index in [1.807, 2.05) is 61.7 Å². The standard InChI is InChI=1S/C25H21N3O4S2/c1-3-11-32-19-9-10-20(16(2)12-19)23-17(14-28(26-23)18-7-5-4-6-8-18)13-21-24(31)27(15-22(29)30)25(33)34-21/h3-10,12-14H,1,11,15H2,2H3,(H,29,30)/b21-13+. The summed E-state index contributed by atoms with van der Waals surface area (Å²) in [7, 11) is 0. The fourth-order valence-electron chi connectivity index (χ4n) is 3.47. The van der Waals surface area contributed by atoms with E-state index in [9.17, 15) is 9.59 Å². The van der Waals surface area contributed by atoms with Crippen molar-refractivity contribution in [1.82, 2.24) is 14.7 Å². The van der Waals surface area contributed by atoms with E-state index in [0.717, 1.165) is 39.2 Å². The van der Waals surface area contributed by atoms with Gasteiger partial charge in [-0.1, -0.05) is 54.8 Å². The smallest absolute Gasteiger partial charge is 0.323 e. The van der Waals surface area contributed by atoms with E-state index >= 15 is 0 Å². The van der Waals surface area contributed by atoms with Gasteiger partial charge in [-0.05, 0) is 48.9 Å². The Hall–Kier alpha value is -3.69. The summed E-state index contributed by atoms with van der Waals surface area (Å²) in [6.45, 7) is 5.57. The predicted molar refractivity (Wildman–Crippen MR) is 137 cm³/mol. The summed E-state index contributed by atoms with van der Waals surface area (Å²) in [4.78, 5) is 25.4. The Bertz CT molecular complexity index is 1310. The third-order valence-electron chi connectivity index (χ3n) is 5.04. The van der Waals surface area contributed by atoms with Gasteiger partial charge in [-0.25, -0.2) is 4.68 Å². The predicted octanol–water partition coefficient (Wildman–Crippen LogP) is 4.70. The molecule has 0 bridgehead atoms. The van der Waals surface area contributed by atoms with Gasteiger partial charge in [-0.2, -0.15) is 5.10 Å². The maximum Gasteiger partial charge on any atom is 0.323 e. The molecule has 34 heavy (non-hydrogen) atoms. The number of benzene rings is 2. The second-order valence-corrected chi connectivity index (χ2v) is 9.13. The monoisotopic (exact) mass is 491 g/mol. The van der Waals surface area contributed by atoms with Crippen LogP contribution in [0.3, 0.4) is 0 Å². The number of carbonyl (C=O) groups is 2. The summed E-state index contributed by atoms with van der Waals surface area (Å²) in [5.74, 6) is -0.829. The first-order valence-corrected chi connectivity index (χ1v) is 11.6. The van der Waals surface area contributed by atoms with Crippen molar-refractivity contribution in [2.24, 2.45) is 0 Å². The van der Waals surface area contributed by atoms with E-state index in [2.05, 4.69) is 6.58 Å². The van der Waals surface area contributed by atoms with Crippen LogP contribution in [0.2, 0.25) is 0 Å². The number of para-hydroxylation sites is 1. The zero-order valence-electron chi connectivity index (χ0n) is 18.3. The quantitative estimate of drug-likeness (QED) is 0.278. The van der Waals surface area contributed by atoms with Crippen LogP contribution in [0, 0.1) is 6.92 Å². The molecular formula is C25H21N3O4S2. The Morgan fingerprint density at radius 2 is 2.03 bits per heavy atom. The Balaban J connectivity index is 1.78. The van der Waals surface area contributed by atoms with Crippen molar-refractivity contribution in [2.75, 3.05) is 13.2 Å². The minimum Gasteiger partial charge on any atom is -0.490 e. The Morgan fingerprint density at radius 3 is 2.71 bits per heavy atom. The van der Waals surface area contributed by atoms with E-state index in [1.165, 1.54) is 0 Å². The molecule has 0 spiro atoms. The maximum absolute atomic E-state index is 12.8.